The molecule has 1 aromatic heterocycles. The minimum absolute atomic E-state index is 0.0847. The molecular formula is C24H21N3OS. The molecule has 0 unspecified atom stereocenters. The van der Waals surface area contributed by atoms with E-state index in [2.05, 4.69) is 34.5 Å². The van der Waals surface area contributed by atoms with E-state index in [0.717, 1.165) is 22.1 Å². The summed E-state index contributed by atoms with van der Waals surface area (Å²) in [6.45, 7) is 2.63. The van der Waals surface area contributed by atoms with E-state index in [0.29, 0.717) is 17.9 Å². The molecule has 0 saturated heterocycles. The van der Waals surface area contributed by atoms with Crippen molar-refractivity contribution in [2.75, 3.05) is 5.75 Å². The first-order chi connectivity index (χ1) is 14.2. The van der Waals surface area contributed by atoms with Crippen LogP contribution in [0.1, 0.15) is 21.7 Å². The van der Waals surface area contributed by atoms with E-state index in [-0.39, 0.29) is 5.78 Å². The minimum Gasteiger partial charge on any atom is -0.302 e. The normalized spacial score (nSPS) is 10.8. The van der Waals surface area contributed by atoms with Crippen molar-refractivity contribution >= 4 is 17.5 Å². The summed E-state index contributed by atoms with van der Waals surface area (Å²) in [5.41, 5.74) is 4.14. The van der Waals surface area contributed by atoms with Crippen molar-refractivity contribution in [1.29, 1.82) is 0 Å². The van der Waals surface area contributed by atoms with Crippen LogP contribution in [0.5, 0.6) is 0 Å². The fraction of sp³-hybridized carbons (Fsp3) is 0.125. The molecule has 4 rings (SSSR count). The number of carbonyl (C=O) groups is 1. The van der Waals surface area contributed by atoms with Gasteiger partial charge in [-0.25, -0.2) is 0 Å². The number of aryl methyl sites for hydroxylation is 1. The molecule has 0 aliphatic carbocycles. The van der Waals surface area contributed by atoms with Crippen molar-refractivity contribution in [3.8, 4) is 11.1 Å². The Labute approximate surface area is 174 Å². The highest BCUT2D eigenvalue weighted by atomic mass is 32.2. The topological polar surface area (TPSA) is 47.8 Å². The number of Topliss-reactive ketones (excluding diaryl/α,β-unsaturated/α-hetero) is 1. The summed E-state index contributed by atoms with van der Waals surface area (Å²) >= 11 is 1.43. The lowest BCUT2D eigenvalue weighted by molar-refractivity contribution is 0.102. The number of nitrogens with zero attached hydrogens (tertiary/aromatic N) is 3. The van der Waals surface area contributed by atoms with Gasteiger partial charge in [0.25, 0.3) is 0 Å². The van der Waals surface area contributed by atoms with E-state index < -0.39 is 0 Å². The summed E-state index contributed by atoms with van der Waals surface area (Å²) in [5.74, 6) is 1.26. The molecule has 4 aromatic rings. The molecule has 29 heavy (non-hydrogen) atoms. The highest BCUT2D eigenvalue weighted by Gasteiger charge is 2.13. The zero-order chi connectivity index (χ0) is 20.1. The van der Waals surface area contributed by atoms with Gasteiger partial charge in [0.2, 0.25) is 0 Å². The lowest BCUT2D eigenvalue weighted by Gasteiger charge is -2.08. The number of ketones is 1. The third kappa shape index (κ3) is 4.63. The molecule has 5 heteroatoms. The summed E-state index contributed by atoms with van der Waals surface area (Å²) < 4.78 is 2.05. The van der Waals surface area contributed by atoms with Crippen LogP contribution in [0.15, 0.2) is 90.1 Å². The molecule has 0 radical (unpaired) electrons. The van der Waals surface area contributed by atoms with Crippen LogP contribution in [0.25, 0.3) is 11.1 Å². The zero-order valence-electron chi connectivity index (χ0n) is 16.2. The molecular weight excluding hydrogens is 378 g/mol. The highest BCUT2D eigenvalue weighted by molar-refractivity contribution is 7.99. The average Bonchev–Trinajstić information content (AvgIpc) is 3.13. The Hall–Kier alpha value is -3.18. The first kappa shape index (κ1) is 19.2. The predicted octanol–water partition coefficient (Wildman–Crippen LogP) is 5.28. The van der Waals surface area contributed by atoms with Crippen molar-refractivity contribution < 1.29 is 4.79 Å². The largest absolute Gasteiger partial charge is 0.302 e. The van der Waals surface area contributed by atoms with Gasteiger partial charge in [-0.05, 0) is 23.6 Å². The molecule has 3 aromatic carbocycles. The van der Waals surface area contributed by atoms with E-state index in [1.165, 1.54) is 17.3 Å². The number of carbonyl (C=O) groups excluding carboxylic acids is 1. The van der Waals surface area contributed by atoms with Gasteiger partial charge in [-0.3, -0.25) is 4.79 Å². The third-order valence-electron chi connectivity index (χ3n) is 4.73. The van der Waals surface area contributed by atoms with Gasteiger partial charge in [-0.2, -0.15) is 0 Å². The molecule has 0 aliphatic heterocycles. The van der Waals surface area contributed by atoms with Crippen molar-refractivity contribution in [3.63, 3.8) is 0 Å². The molecule has 0 aliphatic rings. The maximum absolute atomic E-state index is 12.7. The van der Waals surface area contributed by atoms with E-state index >= 15 is 0 Å². The van der Waals surface area contributed by atoms with E-state index in [1.54, 1.807) is 0 Å². The fourth-order valence-corrected chi connectivity index (χ4v) is 3.99. The fourth-order valence-electron chi connectivity index (χ4n) is 3.11. The summed E-state index contributed by atoms with van der Waals surface area (Å²) in [6.07, 6.45) is 0. The lowest BCUT2D eigenvalue weighted by atomic mass is 10.0. The Morgan fingerprint density at radius 1 is 0.828 bits per heavy atom. The Bertz CT molecular complexity index is 1090. The molecule has 0 spiro atoms. The lowest BCUT2D eigenvalue weighted by Crippen LogP contribution is -2.07. The van der Waals surface area contributed by atoms with Crippen molar-refractivity contribution in [2.45, 2.75) is 18.6 Å². The maximum Gasteiger partial charge on any atom is 0.191 e. The molecule has 0 N–H and O–H groups in total. The van der Waals surface area contributed by atoms with Crippen LogP contribution in [0.4, 0.5) is 0 Å². The number of thioether (sulfide) groups is 1. The van der Waals surface area contributed by atoms with Gasteiger partial charge in [-0.1, -0.05) is 96.7 Å². The van der Waals surface area contributed by atoms with Gasteiger partial charge >= 0.3 is 0 Å². The monoisotopic (exact) mass is 399 g/mol. The Morgan fingerprint density at radius 2 is 1.45 bits per heavy atom. The molecule has 4 nitrogen and oxygen atoms in total. The van der Waals surface area contributed by atoms with Crippen molar-refractivity contribution in [2.24, 2.45) is 0 Å². The molecule has 0 amide bonds. The van der Waals surface area contributed by atoms with Crippen LogP contribution >= 0.6 is 11.8 Å². The second kappa shape index (κ2) is 8.88. The standard InChI is InChI=1S/C24H21N3OS/c1-18-25-26-24(27(18)16-19-8-4-2-5-9-19)29-17-23(28)22-14-12-21(13-15-22)20-10-6-3-7-11-20/h2-15H,16-17H2,1H3. The van der Waals surface area contributed by atoms with E-state index in [1.807, 2.05) is 72.2 Å². The number of hydrogen-bond acceptors (Lipinski definition) is 4. The summed E-state index contributed by atoms with van der Waals surface area (Å²) in [6, 6.07) is 28.1. The predicted molar refractivity (Wildman–Crippen MR) is 117 cm³/mol. The van der Waals surface area contributed by atoms with Crippen LogP contribution < -0.4 is 0 Å². The Kier molecular flexibility index (Phi) is 5.86. The highest BCUT2D eigenvalue weighted by Crippen LogP contribution is 2.22. The minimum atomic E-state index is 0.0847. The molecule has 0 fully saturated rings. The second-order valence-corrected chi connectivity index (χ2v) is 7.70. The van der Waals surface area contributed by atoms with Gasteiger partial charge in [0.1, 0.15) is 5.82 Å². The van der Waals surface area contributed by atoms with Gasteiger partial charge in [0, 0.05) is 5.56 Å². The molecule has 0 saturated carbocycles. The van der Waals surface area contributed by atoms with Crippen LogP contribution in [0.2, 0.25) is 0 Å². The summed E-state index contributed by atoms with van der Waals surface area (Å²) in [5, 5.41) is 9.21. The van der Waals surface area contributed by atoms with Crippen LogP contribution in [0, 0.1) is 6.92 Å². The molecule has 0 bridgehead atoms. The first-order valence-electron chi connectivity index (χ1n) is 9.46. The number of benzene rings is 3. The van der Waals surface area contributed by atoms with Gasteiger partial charge < -0.3 is 4.57 Å². The molecule has 144 valence electrons. The van der Waals surface area contributed by atoms with Crippen molar-refractivity contribution in [3.05, 3.63) is 102 Å². The van der Waals surface area contributed by atoms with E-state index in [4.69, 9.17) is 0 Å². The van der Waals surface area contributed by atoms with Crippen LogP contribution in [0.3, 0.4) is 0 Å². The third-order valence-corrected chi connectivity index (χ3v) is 5.70. The van der Waals surface area contributed by atoms with Crippen LogP contribution in [-0.4, -0.2) is 26.3 Å². The summed E-state index contributed by atoms with van der Waals surface area (Å²) in [7, 11) is 0. The summed E-state index contributed by atoms with van der Waals surface area (Å²) in [4.78, 5) is 12.7. The molecule has 0 atom stereocenters. The van der Waals surface area contributed by atoms with E-state index in [9.17, 15) is 4.79 Å². The van der Waals surface area contributed by atoms with Crippen LogP contribution in [-0.2, 0) is 6.54 Å². The van der Waals surface area contributed by atoms with Gasteiger partial charge in [-0.15, -0.1) is 10.2 Å². The molecule has 1 heterocycles. The maximum atomic E-state index is 12.7. The Morgan fingerprint density at radius 3 is 2.14 bits per heavy atom. The average molecular weight is 400 g/mol. The number of hydrogen-bond donors (Lipinski definition) is 0. The Balaban J connectivity index is 1.42. The second-order valence-electron chi connectivity index (χ2n) is 6.76. The number of rotatable bonds is 7. The quantitative estimate of drug-likeness (QED) is 0.313. The van der Waals surface area contributed by atoms with Gasteiger partial charge in [0.15, 0.2) is 10.9 Å². The first-order valence-corrected chi connectivity index (χ1v) is 10.4. The number of aromatic nitrogens is 3. The SMILES string of the molecule is Cc1nnc(SCC(=O)c2ccc(-c3ccccc3)cc2)n1Cc1ccccc1. The smallest absolute Gasteiger partial charge is 0.191 e. The van der Waals surface area contributed by atoms with Gasteiger partial charge in [0.05, 0.1) is 12.3 Å². The zero-order valence-corrected chi connectivity index (χ0v) is 17.0. The van der Waals surface area contributed by atoms with Crippen molar-refractivity contribution in [1.82, 2.24) is 14.8 Å².